The summed E-state index contributed by atoms with van der Waals surface area (Å²) >= 11 is 5.81. The maximum Gasteiger partial charge on any atom is 0.248 e. The van der Waals surface area contributed by atoms with Gasteiger partial charge in [-0.1, -0.05) is 23.7 Å². The Morgan fingerprint density at radius 3 is 2.54 bits per heavy atom. The Morgan fingerprint density at radius 1 is 1.04 bits per heavy atom. The Hall–Kier alpha value is -2.68. The van der Waals surface area contributed by atoms with Crippen molar-refractivity contribution in [3.05, 3.63) is 75.5 Å². The van der Waals surface area contributed by atoms with Gasteiger partial charge in [0, 0.05) is 36.1 Å². The van der Waals surface area contributed by atoms with Crippen LogP contribution in [0.3, 0.4) is 0 Å². The molecule has 0 saturated heterocycles. The van der Waals surface area contributed by atoms with Crippen LogP contribution in [0.2, 0.25) is 5.02 Å². The number of fused-ring (bicyclic) bond motifs is 1. The third-order valence-electron chi connectivity index (χ3n) is 4.05. The average Bonchev–Trinajstić information content (AvgIpc) is 2.67. The number of carbonyl (C=O) groups excluding carboxylic acids is 1. The molecule has 28 heavy (non-hydrogen) atoms. The second-order valence-electron chi connectivity index (χ2n) is 6.12. The largest absolute Gasteiger partial charge is 0.352 e. The summed E-state index contributed by atoms with van der Waals surface area (Å²) in [6.45, 7) is 0.310. The van der Waals surface area contributed by atoms with Crippen LogP contribution in [-0.2, 0) is 21.4 Å². The summed E-state index contributed by atoms with van der Waals surface area (Å²) in [5, 5.41) is 3.94. The molecule has 0 aliphatic rings. The number of sulfonamides is 1. The van der Waals surface area contributed by atoms with Gasteiger partial charge in [0.05, 0.1) is 4.90 Å². The quantitative estimate of drug-likeness (QED) is 0.545. The van der Waals surface area contributed by atoms with Crippen LogP contribution in [0.1, 0.15) is 12.0 Å². The smallest absolute Gasteiger partial charge is 0.248 e. The lowest BCUT2D eigenvalue weighted by Gasteiger charge is -2.09. The van der Waals surface area contributed by atoms with E-state index < -0.39 is 10.0 Å². The maximum absolute atomic E-state index is 12.4. The maximum atomic E-state index is 12.4. The number of pyridine rings is 1. The predicted octanol–water partition coefficient (Wildman–Crippen LogP) is 2.17. The van der Waals surface area contributed by atoms with E-state index in [0.717, 1.165) is 5.56 Å². The van der Waals surface area contributed by atoms with Crippen molar-refractivity contribution in [3.8, 4) is 0 Å². The molecule has 9 heteroatoms. The number of H-pyrrole nitrogens is 1. The average molecular weight is 420 g/mol. The lowest BCUT2D eigenvalue weighted by atomic mass is 10.2. The van der Waals surface area contributed by atoms with E-state index in [9.17, 15) is 18.0 Å². The molecule has 1 heterocycles. The van der Waals surface area contributed by atoms with Crippen LogP contribution in [0.15, 0.2) is 64.3 Å². The molecule has 0 aliphatic heterocycles. The lowest BCUT2D eigenvalue weighted by Crippen LogP contribution is -2.30. The molecule has 2 aromatic carbocycles. The van der Waals surface area contributed by atoms with Crippen LogP contribution in [0.25, 0.3) is 10.9 Å². The fourth-order valence-corrected chi connectivity index (χ4v) is 3.77. The highest BCUT2D eigenvalue weighted by Gasteiger charge is 2.15. The van der Waals surface area contributed by atoms with Gasteiger partial charge in [-0.15, -0.1) is 0 Å². The van der Waals surface area contributed by atoms with E-state index >= 15 is 0 Å². The lowest BCUT2D eigenvalue weighted by molar-refractivity contribution is -0.121. The van der Waals surface area contributed by atoms with Crippen LogP contribution in [0.5, 0.6) is 0 Å². The van der Waals surface area contributed by atoms with Crippen LogP contribution in [0, 0.1) is 0 Å². The SMILES string of the molecule is O=C(CCNS(=O)(=O)c1ccc2[nH]c(=O)ccc2c1)NCc1ccc(Cl)cc1. The number of carbonyl (C=O) groups is 1. The van der Waals surface area contributed by atoms with E-state index in [4.69, 9.17) is 11.6 Å². The highest BCUT2D eigenvalue weighted by atomic mass is 35.5. The Morgan fingerprint density at radius 2 is 1.79 bits per heavy atom. The second-order valence-corrected chi connectivity index (χ2v) is 8.33. The zero-order valence-electron chi connectivity index (χ0n) is 14.7. The minimum Gasteiger partial charge on any atom is -0.352 e. The van der Waals surface area contributed by atoms with E-state index in [0.29, 0.717) is 22.5 Å². The van der Waals surface area contributed by atoms with E-state index in [1.54, 1.807) is 30.3 Å². The zero-order valence-corrected chi connectivity index (χ0v) is 16.3. The molecular formula is C19H18ClN3O4S. The molecule has 0 saturated carbocycles. The topological polar surface area (TPSA) is 108 Å². The molecule has 1 aromatic heterocycles. The van der Waals surface area contributed by atoms with E-state index in [1.165, 1.54) is 24.3 Å². The first-order valence-electron chi connectivity index (χ1n) is 8.47. The number of nitrogens with one attached hydrogen (secondary N) is 3. The molecule has 1 amide bonds. The number of hydrogen-bond acceptors (Lipinski definition) is 4. The monoisotopic (exact) mass is 419 g/mol. The van der Waals surface area contributed by atoms with Gasteiger partial charge in [-0.05, 0) is 47.3 Å². The first kappa shape index (κ1) is 20.1. The van der Waals surface area contributed by atoms with E-state index in [1.807, 2.05) is 0 Å². The molecule has 146 valence electrons. The number of halogens is 1. The molecule has 0 fully saturated rings. The summed E-state index contributed by atoms with van der Waals surface area (Å²) in [6.07, 6.45) is 0.00766. The van der Waals surface area contributed by atoms with Crippen molar-refractivity contribution >= 4 is 38.4 Å². The number of amides is 1. The Bertz CT molecular complexity index is 1160. The summed E-state index contributed by atoms with van der Waals surface area (Å²) in [7, 11) is -3.77. The number of aromatic amines is 1. The first-order chi connectivity index (χ1) is 13.3. The van der Waals surface area contributed by atoms with Gasteiger partial charge in [-0.25, -0.2) is 13.1 Å². The Labute approximate surface area is 166 Å². The fraction of sp³-hybridized carbons (Fsp3) is 0.158. The van der Waals surface area contributed by atoms with Gasteiger partial charge < -0.3 is 10.3 Å². The number of rotatable bonds is 7. The van der Waals surface area contributed by atoms with Crippen molar-refractivity contribution in [2.75, 3.05) is 6.54 Å². The molecule has 0 unspecified atom stereocenters. The molecular weight excluding hydrogens is 402 g/mol. The van der Waals surface area contributed by atoms with Crippen LogP contribution < -0.4 is 15.6 Å². The molecule has 0 atom stereocenters. The van der Waals surface area contributed by atoms with Gasteiger partial charge in [-0.2, -0.15) is 0 Å². The second kappa shape index (κ2) is 8.55. The summed E-state index contributed by atoms with van der Waals surface area (Å²) in [6, 6.07) is 14.4. The van der Waals surface area contributed by atoms with Crippen molar-refractivity contribution in [1.82, 2.24) is 15.0 Å². The summed E-state index contributed by atoms with van der Waals surface area (Å²) < 4.78 is 27.2. The summed E-state index contributed by atoms with van der Waals surface area (Å²) in [4.78, 5) is 25.9. The van der Waals surface area contributed by atoms with Crippen molar-refractivity contribution in [3.63, 3.8) is 0 Å². The van der Waals surface area contributed by atoms with Crippen LogP contribution in [-0.4, -0.2) is 25.9 Å². The molecule has 3 rings (SSSR count). The van der Waals surface area contributed by atoms with Crippen LogP contribution in [0.4, 0.5) is 0 Å². The third kappa shape index (κ3) is 5.19. The van der Waals surface area contributed by atoms with Crippen molar-refractivity contribution in [1.29, 1.82) is 0 Å². The Balaban J connectivity index is 1.54. The highest BCUT2D eigenvalue weighted by Crippen LogP contribution is 2.16. The van der Waals surface area contributed by atoms with Gasteiger partial charge in [0.1, 0.15) is 0 Å². The summed E-state index contributed by atoms with van der Waals surface area (Å²) in [5.74, 6) is -0.270. The van der Waals surface area contributed by atoms with Crippen molar-refractivity contribution < 1.29 is 13.2 Å². The summed E-state index contributed by atoms with van der Waals surface area (Å²) in [5.41, 5.74) is 1.19. The van der Waals surface area contributed by atoms with Gasteiger partial charge in [0.15, 0.2) is 0 Å². The zero-order chi connectivity index (χ0) is 20.1. The van der Waals surface area contributed by atoms with E-state index in [2.05, 4.69) is 15.0 Å². The van der Waals surface area contributed by atoms with Gasteiger partial charge in [0.2, 0.25) is 21.5 Å². The predicted molar refractivity (Wildman–Crippen MR) is 108 cm³/mol. The standard InChI is InChI=1S/C19H18ClN3O4S/c20-15-4-1-13(2-5-15)12-21-18(24)9-10-22-28(26,27)16-6-7-17-14(11-16)3-8-19(25)23-17/h1-8,11,22H,9-10,12H2,(H,21,24)(H,23,25). The highest BCUT2D eigenvalue weighted by molar-refractivity contribution is 7.89. The Kier molecular flexibility index (Phi) is 6.13. The molecule has 3 N–H and O–H groups in total. The number of benzene rings is 2. The minimum atomic E-state index is -3.77. The van der Waals surface area contributed by atoms with Gasteiger partial charge in [0.25, 0.3) is 0 Å². The third-order valence-corrected chi connectivity index (χ3v) is 5.76. The molecule has 0 spiro atoms. The minimum absolute atomic E-state index is 0.00766. The fourth-order valence-electron chi connectivity index (χ4n) is 2.57. The van der Waals surface area contributed by atoms with Gasteiger partial charge in [-0.3, -0.25) is 9.59 Å². The number of hydrogen-bond donors (Lipinski definition) is 3. The normalized spacial score (nSPS) is 11.5. The molecule has 0 bridgehead atoms. The molecule has 0 radical (unpaired) electrons. The van der Waals surface area contributed by atoms with Crippen LogP contribution >= 0.6 is 11.6 Å². The van der Waals surface area contributed by atoms with Crippen molar-refractivity contribution in [2.24, 2.45) is 0 Å². The molecule has 0 aliphatic carbocycles. The van der Waals surface area contributed by atoms with Crippen molar-refractivity contribution in [2.45, 2.75) is 17.9 Å². The van der Waals surface area contributed by atoms with E-state index in [-0.39, 0.29) is 29.3 Å². The first-order valence-corrected chi connectivity index (χ1v) is 10.3. The number of aromatic nitrogens is 1. The molecule has 3 aromatic rings. The van der Waals surface area contributed by atoms with Gasteiger partial charge >= 0.3 is 0 Å². The molecule has 7 nitrogen and oxygen atoms in total.